The Morgan fingerprint density at radius 3 is 2.52 bits per heavy atom. The predicted octanol–water partition coefficient (Wildman–Crippen LogP) is 3.16. The van der Waals surface area contributed by atoms with E-state index in [2.05, 4.69) is 58.3 Å². The minimum atomic E-state index is 0.917. The number of rotatable bonds is 4. The Morgan fingerprint density at radius 2 is 1.78 bits per heavy atom. The lowest BCUT2D eigenvalue weighted by atomic mass is 10.2. The number of anilines is 1. The average molecular weight is 309 g/mol. The summed E-state index contributed by atoms with van der Waals surface area (Å²) in [6.45, 7) is 5.83. The van der Waals surface area contributed by atoms with Crippen LogP contribution in [0.25, 0.3) is 0 Å². The minimum absolute atomic E-state index is 0.917. The Labute approximate surface area is 138 Å². The summed E-state index contributed by atoms with van der Waals surface area (Å²) in [7, 11) is 1.72. The van der Waals surface area contributed by atoms with Crippen molar-refractivity contribution in [2.45, 2.75) is 6.92 Å². The first-order chi connectivity index (χ1) is 11.3. The molecule has 0 amide bonds. The van der Waals surface area contributed by atoms with E-state index in [9.17, 15) is 0 Å². The summed E-state index contributed by atoms with van der Waals surface area (Å²) in [6, 6.07) is 16.6. The van der Waals surface area contributed by atoms with Gasteiger partial charge in [-0.05, 0) is 24.6 Å². The van der Waals surface area contributed by atoms with Crippen LogP contribution in [0.4, 0.5) is 5.69 Å². The first-order valence-electron chi connectivity index (χ1n) is 8.00. The molecule has 0 spiro atoms. The molecule has 4 nitrogen and oxygen atoms in total. The molecular formula is C19H23N3O. The molecule has 0 aromatic heterocycles. The predicted molar refractivity (Wildman–Crippen MR) is 95.6 cm³/mol. The maximum Gasteiger partial charge on any atom is 0.142 e. The van der Waals surface area contributed by atoms with Gasteiger partial charge in [-0.25, -0.2) is 0 Å². The number of aryl methyl sites for hydroxylation is 1. The molecule has 1 aliphatic heterocycles. The van der Waals surface area contributed by atoms with Crippen LogP contribution in [0.5, 0.6) is 5.75 Å². The number of methoxy groups -OCH3 is 1. The van der Waals surface area contributed by atoms with E-state index in [0.29, 0.717) is 0 Å². The lowest BCUT2D eigenvalue weighted by Crippen LogP contribution is -2.44. The third-order valence-electron chi connectivity index (χ3n) is 4.09. The van der Waals surface area contributed by atoms with Gasteiger partial charge in [-0.1, -0.05) is 42.0 Å². The fourth-order valence-electron chi connectivity index (χ4n) is 2.84. The smallest absolute Gasteiger partial charge is 0.142 e. The molecule has 0 unspecified atom stereocenters. The zero-order valence-corrected chi connectivity index (χ0v) is 13.8. The summed E-state index contributed by atoms with van der Waals surface area (Å²) in [5, 5.41) is 6.75. The van der Waals surface area contributed by atoms with E-state index in [1.807, 2.05) is 18.3 Å². The van der Waals surface area contributed by atoms with Gasteiger partial charge in [-0.15, -0.1) is 0 Å². The Morgan fingerprint density at radius 1 is 1.00 bits per heavy atom. The Kier molecular flexibility index (Phi) is 4.81. The second-order valence-corrected chi connectivity index (χ2v) is 5.77. The van der Waals surface area contributed by atoms with Crippen LogP contribution < -0.4 is 9.64 Å². The van der Waals surface area contributed by atoms with Crippen LogP contribution in [0, 0.1) is 6.92 Å². The highest BCUT2D eigenvalue weighted by Crippen LogP contribution is 2.28. The number of nitrogens with zero attached hydrogens (tertiary/aromatic N) is 3. The molecule has 1 fully saturated rings. The van der Waals surface area contributed by atoms with Gasteiger partial charge in [0.05, 0.1) is 32.1 Å². The van der Waals surface area contributed by atoms with Gasteiger partial charge >= 0.3 is 0 Å². The van der Waals surface area contributed by atoms with Gasteiger partial charge in [0.2, 0.25) is 0 Å². The topological polar surface area (TPSA) is 28.1 Å². The van der Waals surface area contributed by atoms with Gasteiger partial charge in [0.1, 0.15) is 5.75 Å². The van der Waals surface area contributed by atoms with Crippen LogP contribution in [0.2, 0.25) is 0 Å². The van der Waals surface area contributed by atoms with Crippen LogP contribution in [-0.4, -0.2) is 44.5 Å². The number of piperazine rings is 1. The number of hydrogen-bond donors (Lipinski definition) is 0. The maximum absolute atomic E-state index is 5.46. The van der Waals surface area contributed by atoms with Crippen molar-refractivity contribution in [1.29, 1.82) is 0 Å². The van der Waals surface area contributed by atoms with Crippen molar-refractivity contribution in [3.05, 3.63) is 59.7 Å². The SMILES string of the molecule is COc1ccccc1N1CCN(/N=C/c2cccc(C)c2)CC1. The second kappa shape index (κ2) is 7.18. The Hall–Kier alpha value is -2.49. The van der Waals surface area contributed by atoms with Gasteiger partial charge < -0.3 is 9.64 Å². The van der Waals surface area contributed by atoms with Crippen LogP contribution in [-0.2, 0) is 0 Å². The van der Waals surface area contributed by atoms with Crippen molar-refractivity contribution in [2.75, 3.05) is 38.2 Å². The normalized spacial score (nSPS) is 15.2. The van der Waals surface area contributed by atoms with Gasteiger partial charge in [-0.3, -0.25) is 5.01 Å². The number of ether oxygens (including phenoxy) is 1. The summed E-state index contributed by atoms with van der Waals surface area (Å²) in [5.41, 5.74) is 3.57. The third kappa shape index (κ3) is 3.83. The quantitative estimate of drug-likeness (QED) is 0.812. The number of hydrazone groups is 1. The highest BCUT2D eigenvalue weighted by molar-refractivity contribution is 5.79. The highest BCUT2D eigenvalue weighted by Gasteiger charge is 2.18. The molecule has 0 bridgehead atoms. The largest absolute Gasteiger partial charge is 0.495 e. The molecule has 0 N–H and O–H groups in total. The molecule has 120 valence electrons. The van der Waals surface area contributed by atoms with Gasteiger partial charge in [0.15, 0.2) is 0 Å². The third-order valence-corrected chi connectivity index (χ3v) is 4.09. The fourth-order valence-corrected chi connectivity index (χ4v) is 2.84. The summed E-state index contributed by atoms with van der Waals surface area (Å²) < 4.78 is 5.46. The van der Waals surface area contributed by atoms with Crippen molar-refractivity contribution in [1.82, 2.24) is 5.01 Å². The molecule has 23 heavy (non-hydrogen) atoms. The van der Waals surface area contributed by atoms with Gasteiger partial charge in [-0.2, -0.15) is 5.10 Å². The standard InChI is InChI=1S/C19H23N3O/c1-16-6-5-7-17(14-16)15-20-22-12-10-21(11-13-22)18-8-3-4-9-19(18)23-2/h3-9,14-15H,10-13H2,1-2H3/b20-15+. The second-order valence-electron chi connectivity index (χ2n) is 5.77. The minimum Gasteiger partial charge on any atom is -0.495 e. The number of hydrogen-bond acceptors (Lipinski definition) is 4. The van der Waals surface area contributed by atoms with Crippen molar-refractivity contribution in [2.24, 2.45) is 5.10 Å². The molecule has 1 saturated heterocycles. The van der Waals surface area contributed by atoms with Gasteiger partial charge in [0.25, 0.3) is 0 Å². The van der Waals surface area contributed by atoms with Crippen LogP contribution in [0.1, 0.15) is 11.1 Å². The molecule has 0 saturated carbocycles. The summed E-state index contributed by atoms with van der Waals surface area (Å²) in [5.74, 6) is 0.934. The van der Waals surface area contributed by atoms with E-state index in [1.165, 1.54) is 5.56 Å². The highest BCUT2D eigenvalue weighted by atomic mass is 16.5. The molecular weight excluding hydrogens is 286 g/mol. The van der Waals surface area contributed by atoms with E-state index >= 15 is 0 Å². The molecule has 2 aromatic rings. The Bertz CT molecular complexity index is 676. The zero-order chi connectivity index (χ0) is 16.1. The molecule has 0 radical (unpaired) electrons. The van der Waals surface area contributed by atoms with Crippen molar-refractivity contribution in [3.8, 4) is 5.75 Å². The van der Waals surface area contributed by atoms with E-state index < -0.39 is 0 Å². The van der Waals surface area contributed by atoms with Crippen LogP contribution in [0.3, 0.4) is 0 Å². The number of para-hydroxylation sites is 2. The monoisotopic (exact) mass is 309 g/mol. The summed E-state index contributed by atoms with van der Waals surface area (Å²) in [4.78, 5) is 2.36. The maximum atomic E-state index is 5.46. The molecule has 3 rings (SSSR count). The molecule has 2 aromatic carbocycles. The molecule has 1 heterocycles. The molecule has 0 atom stereocenters. The lowest BCUT2D eigenvalue weighted by molar-refractivity contribution is 0.271. The van der Waals surface area contributed by atoms with E-state index in [-0.39, 0.29) is 0 Å². The van der Waals surface area contributed by atoms with Crippen molar-refractivity contribution >= 4 is 11.9 Å². The van der Waals surface area contributed by atoms with Gasteiger partial charge in [0, 0.05) is 13.1 Å². The summed E-state index contributed by atoms with van der Waals surface area (Å²) in [6.07, 6.45) is 1.95. The summed E-state index contributed by atoms with van der Waals surface area (Å²) >= 11 is 0. The van der Waals surface area contributed by atoms with E-state index in [4.69, 9.17) is 4.74 Å². The van der Waals surface area contributed by atoms with E-state index in [0.717, 1.165) is 43.2 Å². The first-order valence-corrected chi connectivity index (χ1v) is 8.00. The molecule has 4 heteroatoms. The first kappa shape index (κ1) is 15.4. The van der Waals surface area contributed by atoms with E-state index in [1.54, 1.807) is 7.11 Å². The average Bonchev–Trinajstić information content (AvgIpc) is 2.60. The van der Waals surface area contributed by atoms with Crippen molar-refractivity contribution < 1.29 is 4.74 Å². The molecule has 0 aliphatic carbocycles. The zero-order valence-electron chi connectivity index (χ0n) is 13.8. The van der Waals surface area contributed by atoms with Crippen LogP contribution >= 0.6 is 0 Å². The fraction of sp³-hybridized carbons (Fsp3) is 0.316. The number of benzene rings is 2. The molecule has 1 aliphatic rings. The Balaban J connectivity index is 1.60. The van der Waals surface area contributed by atoms with Crippen LogP contribution in [0.15, 0.2) is 53.6 Å². The van der Waals surface area contributed by atoms with Crippen molar-refractivity contribution in [3.63, 3.8) is 0 Å². The lowest BCUT2D eigenvalue weighted by Gasteiger charge is -2.35.